The van der Waals surface area contributed by atoms with Crippen molar-refractivity contribution in [1.29, 1.82) is 0 Å². The minimum absolute atomic E-state index is 0.169. The number of methoxy groups -OCH3 is 1. The molecule has 2 heterocycles. The molecule has 2 unspecified atom stereocenters. The van der Waals surface area contributed by atoms with E-state index in [0.717, 1.165) is 24.3 Å². The summed E-state index contributed by atoms with van der Waals surface area (Å²) in [5.41, 5.74) is 8.05. The van der Waals surface area contributed by atoms with Crippen LogP contribution < -0.4 is 15.6 Å². The molecule has 2 saturated heterocycles. The van der Waals surface area contributed by atoms with Crippen molar-refractivity contribution in [2.24, 2.45) is 0 Å². The summed E-state index contributed by atoms with van der Waals surface area (Å²) in [4.78, 5) is 16.5. The minimum atomic E-state index is -1.000. The zero-order valence-corrected chi connectivity index (χ0v) is 16.2. The van der Waals surface area contributed by atoms with Crippen molar-refractivity contribution in [3.63, 3.8) is 0 Å². The van der Waals surface area contributed by atoms with Gasteiger partial charge in [-0.3, -0.25) is 9.69 Å². The average molecular weight is 402 g/mol. The van der Waals surface area contributed by atoms with Crippen molar-refractivity contribution >= 4 is 5.91 Å². The normalized spacial score (nSPS) is 22.7. The van der Waals surface area contributed by atoms with Gasteiger partial charge in [-0.1, -0.05) is 12.1 Å². The van der Waals surface area contributed by atoms with E-state index in [0.29, 0.717) is 26.2 Å². The smallest absolute Gasteiger partial charge is 0.254 e. The van der Waals surface area contributed by atoms with Crippen LogP contribution in [0, 0.1) is 11.6 Å². The Kier molecular flexibility index (Phi) is 5.75. The Morgan fingerprint density at radius 3 is 2.38 bits per heavy atom. The topological polar surface area (TPSA) is 56.8 Å². The summed E-state index contributed by atoms with van der Waals surface area (Å²) in [6, 6.07) is 11.5. The molecule has 2 aliphatic heterocycles. The summed E-state index contributed by atoms with van der Waals surface area (Å²) in [7, 11) is 1.65. The molecule has 0 radical (unpaired) electrons. The quantitative estimate of drug-likeness (QED) is 0.822. The number of ether oxygens (including phenoxy) is 1. The fraction of sp³-hybridized carbons (Fsp3) is 0.381. The van der Waals surface area contributed by atoms with Crippen molar-refractivity contribution in [3.05, 3.63) is 65.2 Å². The summed E-state index contributed by atoms with van der Waals surface area (Å²) in [5, 5.41) is 0. The number of nitrogens with one attached hydrogen (secondary N) is 2. The number of amides is 1. The van der Waals surface area contributed by atoms with E-state index in [1.807, 2.05) is 12.1 Å². The number of hydrogen-bond donors (Lipinski definition) is 2. The van der Waals surface area contributed by atoms with Crippen LogP contribution in [0.4, 0.5) is 8.78 Å². The highest BCUT2D eigenvalue weighted by atomic mass is 19.2. The fourth-order valence-electron chi connectivity index (χ4n) is 3.88. The van der Waals surface area contributed by atoms with Crippen LogP contribution in [0.2, 0.25) is 0 Å². The van der Waals surface area contributed by atoms with Crippen LogP contribution in [0.15, 0.2) is 42.5 Å². The lowest BCUT2D eigenvalue weighted by molar-refractivity contribution is 0.0544. The molecule has 154 valence electrons. The van der Waals surface area contributed by atoms with Gasteiger partial charge in [-0.2, -0.15) is 0 Å². The Morgan fingerprint density at radius 2 is 1.72 bits per heavy atom. The van der Waals surface area contributed by atoms with E-state index < -0.39 is 11.6 Å². The van der Waals surface area contributed by atoms with E-state index in [4.69, 9.17) is 4.74 Å². The van der Waals surface area contributed by atoms with E-state index >= 15 is 0 Å². The molecule has 2 aromatic carbocycles. The van der Waals surface area contributed by atoms with Gasteiger partial charge in [-0.15, -0.1) is 0 Å². The van der Waals surface area contributed by atoms with Crippen LogP contribution in [-0.4, -0.2) is 55.2 Å². The van der Waals surface area contributed by atoms with Crippen LogP contribution in [0.3, 0.4) is 0 Å². The zero-order valence-electron chi connectivity index (χ0n) is 16.2. The highest BCUT2D eigenvalue weighted by molar-refractivity contribution is 5.94. The molecular weight excluding hydrogens is 378 g/mol. The number of benzene rings is 2. The van der Waals surface area contributed by atoms with Crippen LogP contribution in [0.5, 0.6) is 5.75 Å². The average Bonchev–Trinajstić information content (AvgIpc) is 3.25. The summed E-state index contributed by atoms with van der Waals surface area (Å²) in [5.74, 6) is -1.38. The first-order valence-electron chi connectivity index (χ1n) is 9.68. The molecule has 4 rings (SSSR count). The highest BCUT2D eigenvalue weighted by Gasteiger charge is 2.32. The van der Waals surface area contributed by atoms with Crippen molar-refractivity contribution in [2.75, 3.05) is 33.3 Å². The number of carbonyl (C=O) groups excluding carboxylic acids is 1. The molecule has 0 saturated carbocycles. The molecule has 0 spiro atoms. The van der Waals surface area contributed by atoms with E-state index in [9.17, 15) is 13.6 Å². The standard InChI is InChI=1S/C21H24F2N4O2/c1-29-16-5-2-14(3-6-16)19-13-20(25-24-19)26-8-10-27(11-9-26)21(28)15-4-7-17(22)18(23)12-15/h2-7,12,19-20,24-25H,8-11,13H2,1H3. The van der Waals surface area contributed by atoms with Crippen molar-refractivity contribution < 1.29 is 18.3 Å². The number of piperazine rings is 1. The number of nitrogens with zero attached hydrogens (tertiary/aromatic N) is 2. The molecule has 1 amide bonds. The van der Waals surface area contributed by atoms with E-state index in [-0.39, 0.29) is 23.7 Å². The van der Waals surface area contributed by atoms with Crippen molar-refractivity contribution in [3.8, 4) is 5.75 Å². The second kappa shape index (κ2) is 8.44. The SMILES string of the molecule is COc1ccc(C2CC(N3CCN(C(=O)c4ccc(F)c(F)c4)CC3)NN2)cc1. The molecule has 2 N–H and O–H groups in total. The van der Waals surface area contributed by atoms with Gasteiger partial charge in [0.25, 0.3) is 5.91 Å². The molecule has 0 aromatic heterocycles. The lowest BCUT2D eigenvalue weighted by atomic mass is 10.0. The largest absolute Gasteiger partial charge is 0.497 e. The lowest BCUT2D eigenvalue weighted by Gasteiger charge is -2.37. The molecule has 2 atom stereocenters. The molecule has 8 heteroatoms. The van der Waals surface area contributed by atoms with Crippen LogP contribution >= 0.6 is 0 Å². The molecule has 0 aliphatic carbocycles. The van der Waals surface area contributed by atoms with Gasteiger partial charge in [0.2, 0.25) is 0 Å². The van der Waals surface area contributed by atoms with E-state index in [1.165, 1.54) is 11.6 Å². The maximum absolute atomic E-state index is 13.4. The monoisotopic (exact) mass is 402 g/mol. The van der Waals surface area contributed by atoms with Gasteiger partial charge in [-0.25, -0.2) is 19.6 Å². The maximum atomic E-state index is 13.4. The van der Waals surface area contributed by atoms with Crippen LogP contribution in [0.25, 0.3) is 0 Å². The maximum Gasteiger partial charge on any atom is 0.254 e. The zero-order chi connectivity index (χ0) is 20.4. The van der Waals surface area contributed by atoms with Crippen LogP contribution in [-0.2, 0) is 0 Å². The third-order valence-electron chi connectivity index (χ3n) is 5.61. The first-order chi connectivity index (χ1) is 14.0. The van der Waals surface area contributed by atoms with E-state index in [1.54, 1.807) is 12.0 Å². The molecule has 2 aromatic rings. The summed E-state index contributed by atoms with van der Waals surface area (Å²) in [6.07, 6.45) is 1.08. The number of halogens is 2. The van der Waals surface area contributed by atoms with Gasteiger partial charge in [0.05, 0.1) is 13.3 Å². The molecule has 6 nitrogen and oxygen atoms in total. The Balaban J connectivity index is 1.31. The van der Waals surface area contributed by atoms with Gasteiger partial charge in [0, 0.05) is 37.8 Å². The third kappa shape index (κ3) is 4.24. The Labute approximate surface area is 168 Å². The van der Waals surface area contributed by atoms with E-state index in [2.05, 4.69) is 27.9 Å². The van der Waals surface area contributed by atoms with Gasteiger partial charge in [0.1, 0.15) is 5.75 Å². The third-order valence-corrected chi connectivity index (χ3v) is 5.61. The molecule has 29 heavy (non-hydrogen) atoms. The van der Waals surface area contributed by atoms with Crippen molar-refractivity contribution in [1.82, 2.24) is 20.7 Å². The molecular formula is C21H24F2N4O2. The predicted molar refractivity (Wildman–Crippen MR) is 104 cm³/mol. The lowest BCUT2D eigenvalue weighted by Crippen LogP contribution is -2.55. The predicted octanol–water partition coefficient (Wildman–Crippen LogP) is 2.30. The Bertz CT molecular complexity index is 869. The minimum Gasteiger partial charge on any atom is -0.497 e. The fourth-order valence-corrected chi connectivity index (χ4v) is 3.88. The van der Waals surface area contributed by atoms with Gasteiger partial charge in [-0.05, 0) is 42.3 Å². The summed E-state index contributed by atoms with van der Waals surface area (Å²) < 4.78 is 31.7. The number of hydrogen-bond acceptors (Lipinski definition) is 5. The van der Waals surface area contributed by atoms with Gasteiger partial charge < -0.3 is 9.64 Å². The van der Waals surface area contributed by atoms with Crippen molar-refractivity contribution in [2.45, 2.75) is 18.6 Å². The van der Waals surface area contributed by atoms with Crippen LogP contribution in [0.1, 0.15) is 28.4 Å². The second-order valence-electron chi connectivity index (χ2n) is 7.32. The molecule has 2 fully saturated rings. The molecule has 0 bridgehead atoms. The highest BCUT2D eigenvalue weighted by Crippen LogP contribution is 2.26. The molecule has 2 aliphatic rings. The van der Waals surface area contributed by atoms with Gasteiger partial charge >= 0.3 is 0 Å². The first kappa shape index (κ1) is 19.8. The summed E-state index contributed by atoms with van der Waals surface area (Å²) >= 11 is 0. The summed E-state index contributed by atoms with van der Waals surface area (Å²) in [6.45, 7) is 2.51. The number of rotatable bonds is 4. The Morgan fingerprint density at radius 1 is 1.00 bits per heavy atom. The first-order valence-corrected chi connectivity index (χ1v) is 9.68. The number of hydrazine groups is 1. The number of carbonyl (C=O) groups is 1. The Hall–Kier alpha value is -2.55. The second-order valence-corrected chi connectivity index (χ2v) is 7.32. The van der Waals surface area contributed by atoms with Gasteiger partial charge in [0.15, 0.2) is 11.6 Å².